The van der Waals surface area contributed by atoms with E-state index in [1.165, 1.54) is 11.8 Å². The molecule has 1 unspecified atom stereocenters. The van der Waals surface area contributed by atoms with E-state index < -0.39 is 17.6 Å². The molecule has 0 bridgehead atoms. The molecule has 10 heteroatoms. The van der Waals surface area contributed by atoms with E-state index in [0.29, 0.717) is 17.8 Å². The third-order valence-electron chi connectivity index (χ3n) is 3.27. The molecule has 0 radical (unpaired) electrons. The van der Waals surface area contributed by atoms with E-state index in [1.807, 2.05) is 0 Å². The summed E-state index contributed by atoms with van der Waals surface area (Å²) in [6.07, 6.45) is 0.496. The first-order chi connectivity index (χ1) is 12.2. The average molecular weight is 372 g/mol. The molecule has 148 valence electrons. The van der Waals surface area contributed by atoms with Crippen LogP contribution in [0.2, 0.25) is 0 Å². The van der Waals surface area contributed by atoms with Gasteiger partial charge in [-0.3, -0.25) is 9.59 Å². The molecule has 0 aliphatic heterocycles. The smallest absolute Gasteiger partial charge is 0.325 e. The number of nitrogens with two attached hydrogens (primary N) is 1. The molecule has 10 nitrogen and oxygen atoms in total. The minimum absolute atomic E-state index is 0.0434. The minimum Gasteiger partial charge on any atom is -0.469 e. The van der Waals surface area contributed by atoms with Crippen LogP contribution >= 0.6 is 0 Å². The lowest BCUT2D eigenvalue weighted by Crippen LogP contribution is -2.40. The van der Waals surface area contributed by atoms with E-state index in [-0.39, 0.29) is 38.8 Å². The number of hydrogen-bond acceptors (Lipinski definition) is 9. The summed E-state index contributed by atoms with van der Waals surface area (Å²) in [6.45, 7) is 5.43. The number of aromatic nitrogens is 3. The summed E-state index contributed by atoms with van der Waals surface area (Å²) in [6, 6.07) is -0.916. The van der Waals surface area contributed by atoms with Crippen molar-refractivity contribution in [1.29, 1.82) is 0 Å². The van der Waals surface area contributed by atoms with E-state index in [0.717, 1.165) is 0 Å². The molecule has 0 amide bonds. The molecule has 0 fully saturated rings. The quantitative estimate of drug-likeness (QED) is 0.523. The zero-order valence-corrected chi connectivity index (χ0v) is 15.7. The van der Waals surface area contributed by atoms with E-state index in [9.17, 15) is 9.59 Å². The monoisotopic (exact) mass is 372 g/mol. The number of ether oxygens (including phenoxy) is 3. The zero-order chi connectivity index (χ0) is 19.7. The van der Waals surface area contributed by atoms with E-state index >= 15 is 0 Å². The summed E-state index contributed by atoms with van der Waals surface area (Å²) in [5, 5.41) is 17.1. The van der Waals surface area contributed by atoms with Gasteiger partial charge in [-0.25, -0.2) is 4.68 Å². The molecule has 0 aliphatic rings. The Bertz CT molecular complexity index is 596. The highest BCUT2D eigenvalue weighted by molar-refractivity contribution is 5.76. The van der Waals surface area contributed by atoms with Crippen molar-refractivity contribution in [3.05, 3.63) is 11.4 Å². The van der Waals surface area contributed by atoms with Gasteiger partial charge in [-0.05, 0) is 20.8 Å². The van der Waals surface area contributed by atoms with E-state index in [2.05, 4.69) is 15.0 Å². The molecule has 1 rings (SSSR count). The van der Waals surface area contributed by atoms with Gasteiger partial charge in [-0.15, -0.1) is 5.10 Å². The SMILES string of the molecule is COC(=O)CCc1c(COCC(N)C(=O)OC(C)(C)C)nnn1CCO. The lowest BCUT2D eigenvalue weighted by Gasteiger charge is -2.22. The third kappa shape index (κ3) is 7.46. The maximum atomic E-state index is 11.8. The number of methoxy groups -OCH3 is 1. The summed E-state index contributed by atoms with van der Waals surface area (Å²) in [7, 11) is 1.31. The van der Waals surface area contributed by atoms with Gasteiger partial charge < -0.3 is 25.1 Å². The van der Waals surface area contributed by atoms with E-state index in [1.54, 1.807) is 20.8 Å². The predicted octanol–water partition coefficient (Wildman–Crippen LogP) is -0.438. The highest BCUT2D eigenvalue weighted by atomic mass is 16.6. The van der Waals surface area contributed by atoms with Gasteiger partial charge in [0, 0.05) is 6.42 Å². The van der Waals surface area contributed by atoms with Gasteiger partial charge in [0.05, 0.1) is 45.6 Å². The average Bonchev–Trinajstić information content (AvgIpc) is 2.93. The van der Waals surface area contributed by atoms with Crippen LogP contribution in [0.5, 0.6) is 0 Å². The molecule has 0 aromatic carbocycles. The Hall–Kier alpha value is -2.04. The normalized spacial score (nSPS) is 12.7. The van der Waals surface area contributed by atoms with Crippen molar-refractivity contribution < 1.29 is 28.9 Å². The number of hydrogen-bond donors (Lipinski definition) is 2. The van der Waals surface area contributed by atoms with Crippen LogP contribution in [0.3, 0.4) is 0 Å². The molecule has 0 saturated carbocycles. The highest BCUT2D eigenvalue weighted by Crippen LogP contribution is 2.12. The minimum atomic E-state index is -0.916. The fraction of sp³-hybridized carbons (Fsp3) is 0.750. The number of nitrogens with zero attached hydrogens (tertiary/aromatic N) is 3. The van der Waals surface area contributed by atoms with Crippen LogP contribution in [0, 0.1) is 0 Å². The van der Waals surface area contributed by atoms with Crippen LogP contribution in [0.4, 0.5) is 0 Å². The molecule has 0 spiro atoms. The number of esters is 2. The van der Waals surface area contributed by atoms with Gasteiger partial charge in [-0.2, -0.15) is 0 Å². The molecule has 1 aromatic heterocycles. The van der Waals surface area contributed by atoms with Crippen molar-refractivity contribution >= 4 is 11.9 Å². The lowest BCUT2D eigenvalue weighted by atomic mass is 10.2. The topological polar surface area (TPSA) is 139 Å². The first-order valence-corrected chi connectivity index (χ1v) is 8.33. The Kier molecular flexibility index (Phi) is 8.62. The molecule has 0 saturated heterocycles. The van der Waals surface area contributed by atoms with Crippen LogP contribution < -0.4 is 5.73 Å². The van der Waals surface area contributed by atoms with Gasteiger partial charge in [0.1, 0.15) is 17.3 Å². The zero-order valence-electron chi connectivity index (χ0n) is 15.7. The van der Waals surface area contributed by atoms with Crippen LogP contribution in [0.1, 0.15) is 38.6 Å². The molecule has 3 N–H and O–H groups in total. The standard InChI is InChI=1S/C16H28N4O6/c1-16(2,3)26-15(23)11(17)9-25-10-12-13(5-6-14(22)24-4)20(7-8-21)19-18-12/h11,21H,5-10,17H2,1-4H3. The Morgan fingerprint density at radius 1 is 1.35 bits per heavy atom. The molecule has 0 aliphatic carbocycles. The highest BCUT2D eigenvalue weighted by Gasteiger charge is 2.23. The molecule has 1 heterocycles. The van der Waals surface area contributed by atoms with Crippen molar-refractivity contribution in [3.63, 3.8) is 0 Å². The van der Waals surface area contributed by atoms with Crippen molar-refractivity contribution in [1.82, 2.24) is 15.0 Å². The number of aliphatic hydroxyl groups is 1. The summed E-state index contributed by atoms with van der Waals surface area (Å²) in [4.78, 5) is 23.2. The van der Waals surface area contributed by atoms with Crippen LogP contribution in [-0.4, -0.2) is 64.0 Å². The summed E-state index contributed by atoms with van der Waals surface area (Å²) < 4.78 is 16.8. The third-order valence-corrected chi connectivity index (χ3v) is 3.27. The van der Waals surface area contributed by atoms with E-state index in [4.69, 9.17) is 20.3 Å². The first kappa shape index (κ1) is 22.0. The first-order valence-electron chi connectivity index (χ1n) is 8.33. The number of carbonyl (C=O) groups excluding carboxylic acids is 2. The van der Waals surface area contributed by atoms with Gasteiger partial charge >= 0.3 is 11.9 Å². The molecule has 1 aromatic rings. The Labute approximate surface area is 152 Å². The predicted molar refractivity (Wildman–Crippen MR) is 90.9 cm³/mol. The molecule has 1 atom stereocenters. The molecule has 26 heavy (non-hydrogen) atoms. The van der Waals surface area contributed by atoms with Crippen LogP contribution in [0.15, 0.2) is 0 Å². The Morgan fingerprint density at radius 3 is 2.62 bits per heavy atom. The summed E-state index contributed by atoms with van der Waals surface area (Å²) in [5.41, 5.74) is 6.31. The Morgan fingerprint density at radius 2 is 2.04 bits per heavy atom. The molecular weight excluding hydrogens is 344 g/mol. The van der Waals surface area contributed by atoms with Crippen LogP contribution in [0.25, 0.3) is 0 Å². The second-order valence-corrected chi connectivity index (χ2v) is 6.66. The molecular formula is C16H28N4O6. The van der Waals surface area contributed by atoms with Gasteiger partial charge in [0.25, 0.3) is 0 Å². The maximum absolute atomic E-state index is 11.8. The van der Waals surface area contributed by atoms with Crippen molar-refractivity contribution in [3.8, 4) is 0 Å². The van der Waals surface area contributed by atoms with Crippen molar-refractivity contribution in [2.45, 2.75) is 58.4 Å². The van der Waals surface area contributed by atoms with Gasteiger partial charge in [-0.1, -0.05) is 5.21 Å². The largest absolute Gasteiger partial charge is 0.469 e. The van der Waals surface area contributed by atoms with Gasteiger partial charge in [0.15, 0.2) is 0 Å². The van der Waals surface area contributed by atoms with Gasteiger partial charge in [0.2, 0.25) is 0 Å². The lowest BCUT2D eigenvalue weighted by molar-refractivity contribution is -0.158. The number of rotatable bonds is 10. The summed E-state index contributed by atoms with van der Waals surface area (Å²) >= 11 is 0. The summed E-state index contributed by atoms with van der Waals surface area (Å²) in [5.74, 6) is -0.909. The van der Waals surface area contributed by atoms with Crippen molar-refractivity contribution in [2.75, 3.05) is 20.3 Å². The van der Waals surface area contributed by atoms with Crippen LogP contribution in [-0.2, 0) is 43.4 Å². The number of carbonyl (C=O) groups is 2. The number of aliphatic hydroxyl groups excluding tert-OH is 1. The maximum Gasteiger partial charge on any atom is 0.325 e. The second-order valence-electron chi connectivity index (χ2n) is 6.66. The Balaban J connectivity index is 2.63. The second kappa shape index (κ2) is 10.2. The van der Waals surface area contributed by atoms with Crippen molar-refractivity contribution in [2.24, 2.45) is 5.73 Å². The fourth-order valence-corrected chi connectivity index (χ4v) is 2.08. The fourth-order valence-electron chi connectivity index (χ4n) is 2.08.